The molecule has 5 nitrogen and oxygen atoms in total. The average Bonchev–Trinajstić information content (AvgIpc) is 2.74. The van der Waals surface area contributed by atoms with Crippen molar-refractivity contribution in [3.8, 4) is 0 Å². The predicted octanol–water partition coefficient (Wildman–Crippen LogP) is 2.83. The second kappa shape index (κ2) is 5.91. The number of alkyl halides is 3. The Hall–Kier alpha value is -2.16. The quantitative estimate of drug-likeness (QED) is 0.902. The number of aromatic nitrogens is 1. The Kier molecular flexibility index (Phi) is 4.36. The highest BCUT2D eigenvalue weighted by Gasteiger charge is 2.33. The zero-order valence-electron chi connectivity index (χ0n) is 11.3. The highest BCUT2D eigenvalue weighted by atomic mass is 32.1. The first kappa shape index (κ1) is 16.2. The molecule has 2 rings (SSSR count). The van der Waals surface area contributed by atoms with E-state index in [1.807, 2.05) is 0 Å². The summed E-state index contributed by atoms with van der Waals surface area (Å²) in [6.45, 7) is 1.56. The molecule has 0 bridgehead atoms. The first-order chi connectivity index (χ1) is 10.2. The van der Waals surface area contributed by atoms with Crippen LogP contribution in [0.5, 0.6) is 0 Å². The third-order valence-electron chi connectivity index (χ3n) is 2.92. The van der Waals surface area contributed by atoms with Crippen molar-refractivity contribution < 1.29 is 27.9 Å². The molecule has 2 heterocycles. The molecule has 2 aromatic heterocycles. The molecule has 0 saturated carbocycles. The van der Waals surface area contributed by atoms with Gasteiger partial charge in [0.15, 0.2) is 0 Å². The number of hydrogen-bond acceptors (Lipinski definition) is 4. The molecule has 0 aliphatic heterocycles. The van der Waals surface area contributed by atoms with Gasteiger partial charge >= 0.3 is 12.1 Å². The van der Waals surface area contributed by atoms with Crippen molar-refractivity contribution >= 4 is 33.4 Å². The first-order valence-corrected chi connectivity index (χ1v) is 6.99. The fraction of sp³-hybridized carbons (Fsp3) is 0.308. The molecule has 0 aliphatic rings. The van der Waals surface area contributed by atoms with Gasteiger partial charge in [-0.25, -0.2) is 4.98 Å². The van der Waals surface area contributed by atoms with E-state index in [0.717, 1.165) is 17.4 Å². The number of nitrogens with one attached hydrogen (secondary N) is 1. The lowest BCUT2D eigenvalue weighted by Crippen LogP contribution is -2.25. The van der Waals surface area contributed by atoms with Gasteiger partial charge in [-0.05, 0) is 24.6 Å². The maximum atomic E-state index is 12.6. The first-order valence-electron chi connectivity index (χ1n) is 6.17. The van der Waals surface area contributed by atoms with Crippen molar-refractivity contribution in [2.45, 2.75) is 19.5 Å². The van der Waals surface area contributed by atoms with Crippen LogP contribution >= 0.6 is 11.3 Å². The van der Waals surface area contributed by atoms with Gasteiger partial charge in [0, 0.05) is 11.9 Å². The van der Waals surface area contributed by atoms with Crippen LogP contribution in [0, 0.1) is 6.92 Å². The maximum absolute atomic E-state index is 12.6. The van der Waals surface area contributed by atoms with Gasteiger partial charge in [0.05, 0.1) is 11.3 Å². The Balaban J connectivity index is 2.30. The van der Waals surface area contributed by atoms with Gasteiger partial charge in [-0.3, -0.25) is 9.59 Å². The minimum Gasteiger partial charge on any atom is -0.481 e. The molecule has 0 spiro atoms. The topological polar surface area (TPSA) is 79.3 Å². The molecule has 1 amide bonds. The summed E-state index contributed by atoms with van der Waals surface area (Å²) in [7, 11) is 0. The molecular weight excluding hydrogens is 321 g/mol. The smallest absolute Gasteiger partial charge is 0.433 e. The Morgan fingerprint density at radius 1 is 1.36 bits per heavy atom. The Labute approximate surface area is 126 Å². The highest BCUT2D eigenvalue weighted by molar-refractivity contribution is 7.20. The minimum atomic E-state index is -4.55. The number of pyridine rings is 1. The maximum Gasteiger partial charge on any atom is 0.433 e. The summed E-state index contributed by atoms with van der Waals surface area (Å²) >= 11 is 0.851. The summed E-state index contributed by atoms with van der Waals surface area (Å²) in [5.74, 6) is -1.57. The summed E-state index contributed by atoms with van der Waals surface area (Å²) in [4.78, 5) is 26.2. The molecule has 22 heavy (non-hydrogen) atoms. The van der Waals surface area contributed by atoms with Crippen molar-refractivity contribution in [3.63, 3.8) is 0 Å². The summed E-state index contributed by atoms with van der Waals surface area (Å²) in [6.07, 6.45) is -4.78. The molecule has 2 N–H and O–H groups in total. The van der Waals surface area contributed by atoms with E-state index in [0.29, 0.717) is 10.9 Å². The number of hydrogen-bond donors (Lipinski definition) is 2. The number of carbonyl (C=O) groups excluding carboxylic acids is 1. The molecule has 0 fully saturated rings. The molecule has 0 atom stereocenters. The van der Waals surface area contributed by atoms with Gasteiger partial charge in [-0.2, -0.15) is 13.2 Å². The number of halogens is 3. The second-order valence-electron chi connectivity index (χ2n) is 4.50. The second-order valence-corrected chi connectivity index (χ2v) is 5.50. The molecular formula is C13H11F3N2O3S. The number of aliphatic carboxylic acids is 1. The van der Waals surface area contributed by atoms with Crippen LogP contribution in [0.1, 0.15) is 27.3 Å². The van der Waals surface area contributed by atoms with Gasteiger partial charge in [0.25, 0.3) is 5.91 Å². The van der Waals surface area contributed by atoms with Crippen LogP contribution in [0.4, 0.5) is 13.2 Å². The molecule has 0 aromatic carbocycles. The zero-order valence-corrected chi connectivity index (χ0v) is 12.1. The van der Waals surface area contributed by atoms with Crippen molar-refractivity contribution in [3.05, 3.63) is 28.3 Å². The van der Waals surface area contributed by atoms with E-state index in [4.69, 9.17) is 5.11 Å². The number of rotatable bonds is 4. The fourth-order valence-corrected chi connectivity index (χ4v) is 2.93. The van der Waals surface area contributed by atoms with E-state index in [1.54, 1.807) is 6.92 Å². The third-order valence-corrected chi connectivity index (χ3v) is 4.12. The summed E-state index contributed by atoms with van der Waals surface area (Å²) in [5, 5.41) is 11.4. The lowest BCUT2D eigenvalue weighted by atomic mass is 10.2. The van der Waals surface area contributed by atoms with E-state index in [9.17, 15) is 22.8 Å². The van der Waals surface area contributed by atoms with Gasteiger partial charge in [-0.15, -0.1) is 11.3 Å². The number of carboxylic acids is 1. The molecule has 0 aliphatic carbocycles. The van der Waals surface area contributed by atoms with Crippen LogP contribution in [-0.4, -0.2) is 28.5 Å². The van der Waals surface area contributed by atoms with Crippen molar-refractivity contribution in [2.24, 2.45) is 0 Å². The SMILES string of the molecule is Cc1c(C(=O)NCCC(=O)O)sc2nc(C(F)(F)F)ccc12. The number of aryl methyl sites for hydroxylation is 1. The molecule has 118 valence electrons. The number of fused-ring (bicyclic) bond motifs is 1. The van der Waals surface area contributed by atoms with E-state index in [2.05, 4.69) is 10.3 Å². The van der Waals surface area contributed by atoms with Gasteiger partial charge in [0.1, 0.15) is 10.5 Å². The van der Waals surface area contributed by atoms with Gasteiger partial charge < -0.3 is 10.4 Å². The molecule has 0 unspecified atom stereocenters. The van der Waals surface area contributed by atoms with Crippen LogP contribution in [0.15, 0.2) is 12.1 Å². The monoisotopic (exact) mass is 332 g/mol. The van der Waals surface area contributed by atoms with Gasteiger partial charge in [-0.1, -0.05) is 0 Å². The Bertz CT molecular complexity index is 740. The minimum absolute atomic E-state index is 0.0525. The Morgan fingerprint density at radius 3 is 2.64 bits per heavy atom. The van der Waals surface area contributed by atoms with Crippen molar-refractivity contribution in [1.29, 1.82) is 0 Å². The molecule has 0 saturated heterocycles. The predicted molar refractivity (Wildman–Crippen MR) is 73.9 cm³/mol. The standard InChI is InChI=1S/C13H11F3N2O3S/c1-6-7-2-3-8(13(14,15)16)18-12(7)22-10(6)11(21)17-5-4-9(19)20/h2-3H,4-5H2,1H3,(H,17,21)(H,19,20). The van der Waals surface area contributed by atoms with Crippen LogP contribution in [-0.2, 0) is 11.0 Å². The zero-order chi connectivity index (χ0) is 16.5. The molecule has 0 radical (unpaired) electrons. The van der Waals surface area contributed by atoms with Crippen LogP contribution in [0.3, 0.4) is 0 Å². The number of carbonyl (C=O) groups is 2. The number of thiophene rings is 1. The van der Waals surface area contributed by atoms with Crippen LogP contribution < -0.4 is 5.32 Å². The normalized spacial score (nSPS) is 11.6. The molecule has 9 heteroatoms. The summed E-state index contributed by atoms with van der Waals surface area (Å²) in [5.41, 5.74) is -0.492. The fourth-order valence-electron chi connectivity index (χ4n) is 1.84. The van der Waals surface area contributed by atoms with E-state index >= 15 is 0 Å². The summed E-state index contributed by atoms with van der Waals surface area (Å²) in [6, 6.07) is 2.15. The average molecular weight is 332 g/mol. The Morgan fingerprint density at radius 2 is 2.05 bits per heavy atom. The number of carboxylic acid groups (broad SMARTS) is 1. The number of amides is 1. The highest BCUT2D eigenvalue weighted by Crippen LogP contribution is 2.34. The number of nitrogens with zero attached hydrogens (tertiary/aromatic N) is 1. The third kappa shape index (κ3) is 3.35. The molecule has 2 aromatic rings. The van der Waals surface area contributed by atoms with Crippen LogP contribution in [0.2, 0.25) is 0 Å². The lowest BCUT2D eigenvalue weighted by molar-refractivity contribution is -0.141. The largest absolute Gasteiger partial charge is 0.481 e. The van der Waals surface area contributed by atoms with Gasteiger partial charge in [0.2, 0.25) is 0 Å². The summed E-state index contributed by atoms with van der Waals surface area (Å²) < 4.78 is 37.9. The van der Waals surface area contributed by atoms with E-state index < -0.39 is 23.7 Å². The lowest BCUT2D eigenvalue weighted by Gasteiger charge is -2.04. The van der Waals surface area contributed by atoms with Crippen molar-refractivity contribution in [1.82, 2.24) is 10.3 Å². The van der Waals surface area contributed by atoms with Crippen LogP contribution in [0.25, 0.3) is 10.2 Å². The van der Waals surface area contributed by atoms with Crippen molar-refractivity contribution in [2.75, 3.05) is 6.54 Å². The van der Waals surface area contributed by atoms with E-state index in [1.165, 1.54) is 6.07 Å². The van der Waals surface area contributed by atoms with E-state index in [-0.39, 0.29) is 22.7 Å².